The highest BCUT2D eigenvalue weighted by atomic mass is 79.9. The third kappa shape index (κ3) is 4.32. The highest BCUT2D eigenvalue weighted by Crippen LogP contribution is 2.22. The van der Waals surface area contributed by atoms with E-state index < -0.39 is 10.0 Å². The third-order valence-corrected chi connectivity index (χ3v) is 6.23. The number of hydrogen-bond donors (Lipinski definition) is 0. The van der Waals surface area contributed by atoms with Crippen LogP contribution in [0.2, 0.25) is 0 Å². The zero-order valence-corrected chi connectivity index (χ0v) is 17.0. The maximum Gasteiger partial charge on any atom is 0.247 e. The van der Waals surface area contributed by atoms with E-state index in [2.05, 4.69) is 26.1 Å². The minimum absolute atomic E-state index is 0.0691. The molecule has 0 aliphatic carbocycles. The smallest absolute Gasteiger partial charge is 0.247 e. The summed E-state index contributed by atoms with van der Waals surface area (Å²) in [4.78, 5) is 11.4. The van der Waals surface area contributed by atoms with E-state index in [1.54, 1.807) is 0 Å². The molecule has 0 N–H and O–H groups in total. The maximum atomic E-state index is 12.7. The molecule has 3 aromatic rings. The molecule has 2 aromatic carbocycles. The van der Waals surface area contributed by atoms with E-state index in [-0.39, 0.29) is 23.1 Å². The van der Waals surface area contributed by atoms with Crippen LogP contribution in [0.1, 0.15) is 23.2 Å². The second-order valence-electron chi connectivity index (χ2n) is 5.85. The van der Waals surface area contributed by atoms with E-state index >= 15 is 0 Å². The summed E-state index contributed by atoms with van der Waals surface area (Å²) < 4.78 is 33.0. The molecule has 140 valence electrons. The monoisotopic (exact) mass is 449 g/mol. The number of carbonyl (C=O) groups excluding carboxylic acids is 1. The van der Waals surface area contributed by atoms with Gasteiger partial charge in [-0.05, 0) is 43.3 Å². The molecule has 0 fully saturated rings. The molecule has 0 bridgehead atoms. The molecule has 0 unspecified atom stereocenters. The van der Waals surface area contributed by atoms with Gasteiger partial charge in [0, 0.05) is 22.6 Å². The van der Waals surface area contributed by atoms with Crippen LogP contribution in [0.15, 0.2) is 62.3 Å². The molecule has 0 aliphatic heterocycles. The first kappa shape index (κ1) is 19.4. The number of benzene rings is 2. The summed E-state index contributed by atoms with van der Waals surface area (Å²) in [5.74, 6) is 0.368. The zero-order valence-electron chi connectivity index (χ0n) is 14.6. The Balaban J connectivity index is 1.77. The Morgan fingerprint density at radius 1 is 1.07 bits per heavy atom. The number of hydrogen-bond acceptors (Lipinski definition) is 6. The number of sulfonamides is 1. The normalized spacial score (nSPS) is 11.7. The van der Waals surface area contributed by atoms with E-state index in [0.29, 0.717) is 11.5 Å². The van der Waals surface area contributed by atoms with Crippen molar-refractivity contribution in [1.82, 2.24) is 14.5 Å². The quantitative estimate of drug-likeness (QED) is 0.534. The van der Waals surface area contributed by atoms with Crippen LogP contribution in [0.3, 0.4) is 0 Å². The van der Waals surface area contributed by atoms with Crippen LogP contribution in [-0.4, -0.2) is 35.8 Å². The van der Waals surface area contributed by atoms with Crippen molar-refractivity contribution in [1.29, 1.82) is 0 Å². The summed E-state index contributed by atoms with van der Waals surface area (Å²) in [5, 5.41) is 7.88. The Morgan fingerprint density at radius 3 is 2.30 bits per heavy atom. The molecule has 9 heteroatoms. The van der Waals surface area contributed by atoms with Crippen molar-refractivity contribution in [3.63, 3.8) is 0 Å². The molecular weight excluding hydrogens is 434 g/mol. The number of aromatic nitrogens is 2. The van der Waals surface area contributed by atoms with E-state index in [4.69, 9.17) is 4.42 Å². The molecule has 0 spiro atoms. The predicted octanol–water partition coefficient (Wildman–Crippen LogP) is 3.52. The van der Waals surface area contributed by atoms with Crippen molar-refractivity contribution in [3.05, 3.63) is 64.5 Å². The van der Waals surface area contributed by atoms with Gasteiger partial charge < -0.3 is 4.42 Å². The topological polar surface area (TPSA) is 93.4 Å². The molecule has 0 saturated heterocycles. The molecule has 0 saturated carbocycles. The zero-order chi connectivity index (χ0) is 19.6. The summed E-state index contributed by atoms with van der Waals surface area (Å²) in [7, 11) is -2.32. The Kier molecular flexibility index (Phi) is 5.54. The highest BCUT2D eigenvalue weighted by Gasteiger charge is 2.23. The molecule has 0 radical (unpaired) electrons. The van der Waals surface area contributed by atoms with Crippen LogP contribution >= 0.6 is 15.9 Å². The predicted molar refractivity (Wildman–Crippen MR) is 103 cm³/mol. The Hall–Kier alpha value is -2.36. The van der Waals surface area contributed by atoms with Crippen molar-refractivity contribution in [2.45, 2.75) is 18.4 Å². The summed E-state index contributed by atoms with van der Waals surface area (Å²) in [6.07, 6.45) is 0. The molecule has 0 amide bonds. The van der Waals surface area contributed by atoms with Crippen molar-refractivity contribution in [3.8, 4) is 11.5 Å². The van der Waals surface area contributed by atoms with Crippen molar-refractivity contribution >= 4 is 31.7 Å². The van der Waals surface area contributed by atoms with Gasteiger partial charge in [0.2, 0.25) is 21.8 Å². The van der Waals surface area contributed by atoms with Crippen molar-refractivity contribution in [2.75, 3.05) is 7.05 Å². The average Bonchev–Trinajstić information content (AvgIpc) is 3.10. The van der Waals surface area contributed by atoms with Crippen LogP contribution in [-0.2, 0) is 16.6 Å². The minimum Gasteiger partial charge on any atom is -0.419 e. The maximum absolute atomic E-state index is 12.7. The van der Waals surface area contributed by atoms with Gasteiger partial charge in [-0.3, -0.25) is 4.79 Å². The molecule has 1 heterocycles. The van der Waals surface area contributed by atoms with E-state index in [1.807, 2.05) is 24.3 Å². The Bertz CT molecular complexity index is 1060. The third-order valence-electron chi connectivity index (χ3n) is 3.88. The van der Waals surface area contributed by atoms with Crippen LogP contribution in [0.5, 0.6) is 0 Å². The van der Waals surface area contributed by atoms with Gasteiger partial charge in [-0.1, -0.05) is 28.1 Å². The molecule has 0 atom stereocenters. The summed E-state index contributed by atoms with van der Waals surface area (Å²) in [5.41, 5.74) is 1.19. The summed E-state index contributed by atoms with van der Waals surface area (Å²) in [6.45, 7) is 1.36. The lowest BCUT2D eigenvalue weighted by molar-refractivity contribution is 0.101. The summed E-state index contributed by atoms with van der Waals surface area (Å²) in [6, 6.07) is 13.1. The van der Waals surface area contributed by atoms with Gasteiger partial charge in [-0.25, -0.2) is 8.42 Å². The molecule has 3 rings (SSSR count). The van der Waals surface area contributed by atoms with E-state index in [1.165, 1.54) is 38.2 Å². The lowest BCUT2D eigenvalue weighted by Crippen LogP contribution is -2.26. The number of nitrogens with zero attached hydrogens (tertiary/aromatic N) is 3. The fourth-order valence-corrected chi connectivity index (χ4v) is 3.73. The number of rotatable bonds is 6. The standard InChI is InChI=1S/C18H16BrN3O4S/c1-12(23)13-5-9-16(10-6-13)27(24,25)22(2)11-17-20-21-18(26-17)14-3-7-15(19)8-4-14/h3-10H,11H2,1-2H3. The molecule has 7 nitrogen and oxygen atoms in total. The number of ketones is 1. The second kappa shape index (κ2) is 7.71. The SMILES string of the molecule is CC(=O)c1ccc(S(=O)(=O)N(C)Cc2nnc(-c3ccc(Br)cc3)o2)cc1. The van der Waals surface area contributed by atoms with E-state index in [9.17, 15) is 13.2 Å². The van der Waals surface area contributed by atoms with Gasteiger partial charge in [-0.2, -0.15) is 4.31 Å². The first-order valence-corrected chi connectivity index (χ1v) is 10.2. The fourth-order valence-electron chi connectivity index (χ4n) is 2.34. The molecular formula is C18H16BrN3O4S. The Morgan fingerprint density at radius 2 is 1.70 bits per heavy atom. The van der Waals surface area contributed by atoms with Gasteiger partial charge in [-0.15, -0.1) is 10.2 Å². The van der Waals surface area contributed by atoms with Gasteiger partial charge in [0.05, 0.1) is 11.4 Å². The second-order valence-corrected chi connectivity index (χ2v) is 8.81. The molecule has 0 aliphatic rings. The highest BCUT2D eigenvalue weighted by molar-refractivity contribution is 9.10. The lowest BCUT2D eigenvalue weighted by Gasteiger charge is -2.15. The number of halogens is 1. The average molecular weight is 450 g/mol. The minimum atomic E-state index is -3.75. The first-order valence-electron chi connectivity index (χ1n) is 7.93. The van der Waals surface area contributed by atoms with Gasteiger partial charge in [0.15, 0.2) is 5.78 Å². The number of Topliss-reactive ketones (excluding diaryl/α,β-unsaturated/α-hetero) is 1. The van der Waals surface area contributed by atoms with Crippen LogP contribution in [0.25, 0.3) is 11.5 Å². The molecule has 1 aromatic heterocycles. The van der Waals surface area contributed by atoms with Crippen molar-refractivity contribution in [2.24, 2.45) is 0 Å². The summed E-state index contributed by atoms with van der Waals surface area (Å²) >= 11 is 3.35. The van der Waals surface area contributed by atoms with Crippen LogP contribution in [0, 0.1) is 0 Å². The van der Waals surface area contributed by atoms with Crippen LogP contribution < -0.4 is 0 Å². The van der Waals surface area contributed by atoms with Crippen LogP contribution in [0.4, 0.5) is 0 Å². The largest absolute Gasteiger partial charge is 0.419 e. The molecule has 27 heavy (non-hydrogen) atoms. The Labute approximate surface area is 165 Å². The number of carbonyl (C=O) groups is 1. The van der Waals surface area contributed by atoms with Gasteiger partial charge in [0.1, 0.15) is 0 Å². The van der Waals surface area contributed by atoms with Crippen molar-refractivity contribution < 1.29 is 17.6 Å². The van der Waals surface area contributed by atoms with E-state index in [0.717, 1.165) is 14.3 Å². The van der Waals surface area contributed by atoms with Gasteiger partial charge >= 0.3 is 0 Å². The fraction of sp³-hybridized carbons (Fsp3) is 0.167. The first-order chi connectivity index (χ1) is 12.8. The van der Waals surface area contributed by atoms with Gasteiger partial charge in [0.25, 0.3) is 0 Å². The lowest BCUT2D eigenvalue weighted by atomic mass is 10.2.